The van der Waals surface area contributed by atoms with E-state index >= 15 is 0 Å². The molecule has 2 fully saturated rings. The molecule has 1 saturated heterocycles. The van der Waals surface area contributed by atoms with Crippen molar-refractivity contribution >= 4 is 11.9 Å². The minimum Gasteiger partial charge on any atom is -0.395 e. The Balaban J connectivity index is 1.69. The number of carbonyl (C=O) groups excluding carboxylic acids is 2. The molecule has 1 aliphatic carbocycles. The van der Waals surface area contributed by atoms with E-state index in [0.29, 0.717) is 0 Å². The highest BCUT2D eigenvalue weighted by Gasteiger charge is 2.26. The van der Waals surface area contributed by atoms with Gasteiger partial charge >= 0.3 is 6.03 Å². The number of nitrogens with one attached hydrogen (secondary N) is 2. The van der Waals surface area contributed by atoms with Crippen molar-refractivity contribution in [1.82, 2.24) is 15.5 Å². The number of aliphatic hydroxyl groups is 1. The first kappa shape index (κ1) is 14.3. The zero-order valence-electron chi connectivity index (χ0n) is 11.2. The fourth-order valence-corrected chi connectivity index (χ4v) is 2.95. The third-order valence-electron chi connectivity index (χ3n) is 4.00. The van der Waals surface area contributed by atoms with Crippen molar-refractivity contribution in [2.45, 2.75) is 50.6 Å². The van der Waals surface area contributed by atoms with Gasteiger partial charge in [0, 0.05) is 12.1 Å². The summed E-state index contributed by atoms with van der Waals surface area (Å²) in [7, 11) is 0. The predicted molar refractivity (Wildman–Crippen MR) is 70.6 cm³/mol. The van der Waals surface area contributed by atoms with E-state index in [1.807, 2.05) is 4.90 Å². The Morgan fingerprint density at radius 1 is 1.16 bits per heavy atom. The molecule has 0 unspecified atom stereocenters. The van der Waals surface area contributed by atoms with Gasteiger partial charge in [-0.2, -0.15) is 0 Å². The largest absolute Gasteiger partial charge is 0.395 e. The second kappa shape index (κ2) is 6.86. The lowest BCUT2D eigenvalue weighted by Gasteiger charge is -2.21. The Morgan fingerprint density at radius 2 is 1.89 bits per heavy atom. The molecule has 2 aliphatic rings. The number of rotatable bonds is 4. The van der Waals surface area contributed by atoms with Gasteiger partial charge in [0.15, 0.2) is 0 Å². The zero-order valence-corrected chi connectivity index (χ0v) is 11.2. The minimum absolute atomic E-state index is 0.0589. The van der Waals surface area contributed by atoms with Crippen molar-refractivity contribution in [2.24, 2.45) is 0 Å². The van der Waals surface area contributed by atoms with Crippen molar-refractivity contribution in [2.75, 3.05) is 19.7 Å². The molecule has 3 amide bonds. The van der Waals surface area contributed by atoms with Crippen LogP contribution in [0.3, 0.4) is 0 Å². The van der Waals surface area contributed by atoms with Gasteiger partial charge in [0.05, 0.1) is 13.2 Å². The third kappa shape index (κ3) is 4.18. The van der Waals surface area contributed by atoms with Gasteiger partial charge in [0.2, 0.25) is 5.91 Å². The molecule has 0 aromatic carbocycles. The second-order valence-corrected chi connectivity index (χ2v) is 5.45. The summed E-state index contributed by atoms with van der Waals surface area (Å²) in [6.07, 6.45) is 6.20. The number of amides is 3. The topological polar surface area (TPSA) is 81.7 Å². The normalized spacial score (nSPS) is 24.6. The highest BCUT2D eigenvalue weighted by Crippen LogP contribution is 2.17. The van der Waals surface area contributed by atoms with Crippen LogP contribution in [0.25, 0.3) is 0 Å². The fraction of sp³-hybridized carbons (Fsp3) is 0.846. The van der Waals surface area contributed by atoms with E-state index in [1.54, 1.807) is 0 Å². The van der Waals surface area contributed by atoms with Crippen LogP contribution in [0.5, 0.6) is 0 Å². The first-order valence-corrected chi connectivity index (χ1v) is 7.14. The molecular formula is C13H23N3O3. The molecule has 1 heterocycles. The lowest BCUT2D eigenvalue weighted by atomic mass is 10.2. The smallest absolute Gasteiger partial charge is 0.321 e. The lowest BCUT2D eigenvalue weighted by Crippen LogP contribution is -2.48. The zero-order chi connectivity index (χ0) is 13.7. The summed E-state index contributed by atoms with van der Waals surface area (Å²) in [5.41, 5.74) is 0. The lowest BCUT2D eigenvalue weighted by molar-refractivity contribution is -0.121. The number of urea groups is 1. The maximum atomic E-state index is 11.7. The molecule has 6 nitrogen and oxygen atoms in total. The molecule has 0 spiro atoms. The molecule has 108 valence electrons. The summed E-state index contributed by atoms with van der Waals surface area (Å²) in [4.78, 5) is 25.3. The first-order chi connectivity index (χ1) is 9.19. The Labute approximate surface area is 113 Å². The van der Waals surface area contributed by atoms with Gasteiger partial charge in [0.1, 0.15) is 0 Å². The van der Waals surface area contributed by atoms with Crippen LogP contribution in [-0.4, -0.2) is 53.7 Å². The molecule has 1 saturated carbocycles. The van der Waals surface area contributed by atoms with Gasteiger partial charge in [-0.05, 0) is 32.2 Å². The fourth-order valence-electron chi connectivity index (χ4n) is 2.95. The Bertz CT molecular complexity index is 329. The van der Waals surface area contributed by atoms with Crippen LogP contribution in [0.2, 0.25) is 0 Å². The number of aliphatic hydroxyl groups excluding tert-OH is 1. The molecule has 0 bridgehead atoms. The molecular weight excluding hydrogens is 246 g/mol. The van der Waals surface area contributed by atoms with Crippen molar-refractivity contribution in [3.05, 3.63) is 0 Å². The van der Waals surface area contributed by atoms with E-state index in [1.165, 1.54) is 0 Å². The van der Waals surface area contributed by atoms with Crippen molar-refractivity contribution in [3.8, 4) is 0 Å². The van der Waals surface area contributed by atoms with Crippen molar-refractivity contribution < 1.29 is 14.7 Å². The first-order valence-electron chi connectivity index (χ1n) is 7.14. The summed E-state index contributed by atoms with van der Waals surface area (Å²) in [6, 6.07) is -0.120. The minimum atomic E-state index is -0.392. The van der Waals surface area contributed by atoms with E-state index in [-0.39, 0.29) is 31.1 Å². The van der Waals surface area contributed by atoms with Gasteiger partial charge in [0.25, 0.3) is 0 Å². The second-order valence-electron chi connectivity index (χ2n) is 5.45. The summed E-state index contributed by atoms with van der Waals surface area (Å²) in [5, 5.41) is 14.4. The van der Waals surface area contributed by atoms with Crippen LogP contribution in [0, 0.1) is 0 Å². The molecule has 0 radical (unpaired) electrons. The van der Waals surface area contributed by atoms with E-state index in [4.69, 9.17) is 5.11 Å². The molecule has 1 aliphatic heterocycles. The van der Waals surface area contributed by atoms with Gasteiger partial charge in [-0.3, -0.25) is 15.0 Å². The highest BCUT2D eigenvalue weighted by atomic mass is 16.3. The van der Waals surface area contributed by atoms with Crippen molar-refractivity contribution in [3.63, 3.8) is 0 Å². The molecule has 2 rings (SSSR count). The molecule has 0 aromatic heterocycles. The monoisotopic (exact) mass is 269 g/mol. The van der Waals surface area contributed by atoms with E-state index in [0.717, 1.165) is 45.1 Å². The quantitative estimate of drug-likeness (QED) is 0.681. The number of likely N-dealkylation sites (tertiary alicyclic amines) is 1. The summed E-state index contributed by atoms with van der Waals surface area (Å²) in [6.45, 7) is 1.06. The van der Waals surface area contributed by atoms with Gasteiger partial charge in [-0.1, -0.05) is 12.8 Å². The Kier molecular flexibility index (Phi) is 5.15. The van der Waals surface area contributed by atoms with Crippen molar-refractivity contribution in [1.29, 1.82) is 0 Å². The van der Waals surface area contributed by atoms with E-state index in [2.05, 4.69) is 10.6 Å². The van der Waals surface area contributed by atoms with Crippen LogP contribution in [0.15, 0.2) is 0 Å². The molecule has 3 N–H and O–H groups in total. The summed E-state index contributed by atoms with van der Waals surface area (Å²) >= 11 is 0. The van der Waals surface area contributed by atoms with E-state index in [9.17, 15) is 9.59 Å². The highest BCUT2D eigenvalue weighted by molar-refractivity contribution is 5.95. The number of nitrogens with zero attached hydrogens (tertiary/aromatic N) is 1. The van der Waals surface area contributed by atoms with Crippen LogP contribution < -0.4 is 10.6 Å². The van der Waals surface area contributed by atoms with Gasteiger partial charge in [-0.25, -0.2) is 4.79 Å². The van der Waals surface area contributed by atoms with E-state index < -0.39 is 6.03 Å². The summed E-state index contributed by atoms with van der Waals surface area (Å²) < 4.78 is 0. The van der Waals surface area contributed by atoms with Crippen LogP contribution in [0.1, 0.15) is 38.5 Å². The predicted octanol–water partition coefficient (Wildman–Crippen LogP) is 0.212. The van der Waals surface area contributed by atoms with Gasteiger partial charge in [-0.15, -0.1) is 0 Å². The van der Waals surface area contributed by atoms with Crippen LogP contribution >= 0.6 is 0 Å². The average molecular weight is 269 g/mol. The Hall–Kier alpha value is -1.14. The number of carbonyl (C=O) groups is 2. The van der Waals surface area contributed by atoms with Crippen LogP contribution in [-0.2, 0) is 4.79 Å². The third-order valence-corrected chi connectivity index (χ3v) is 4.00. The maximum absolute atomic E-state index is 11.7. The number of hydrogen-bond donors (Lipinski definition) is 3. The average Bonchev–Trinajstić information content (AvgIpc) is 2.99. The van der Waals surface area contributed by atoms with Gasteiger partial charge < -0.3 is 10.4 Å². The molecule has 6 heteroatoms. The molecule has 19 heavy (non-hydrogen) atoms. The maximum Gasteiger partial charge on any atom is 0.321 e. The standard InChI is InChI=1S/C13H23N3O3/c17-9-11-6-3-7-16(11)8-12(18)15-13(19)14-10-4-1-2-5-10/h10-11,17H,1-9H2,(H2,14,15,18,19)/t11-/m0/s1. The molecule has 0 aromatic rings. The number of hydrogen-bond acceptors (Lipinski definition) is 4. The summed E-state index contributed by atoms with van der Waals surface area (Å²) in [5.74, 6) is -0.296. The Morgan fingerprint density at radius 3 is 2.58 bits per heavy atom. The SMILES string of the molecule is O=C(CN1CCC[C@H]1CO)NC(=O)NC1CCCC1. The number of imide groups is 1. The molecule has 1 atom stereocenters. The van der Waals surface area contributed by atoms with Crippen LogP contribution in [0.4, 0.5) is 4.79 Å².